The van der Waals surface area contributed by atoms with E-state index in [4.69, 9.17) is 4.98 Å². The van der Waals surface area contributed by atoms with Crippen molar-refractivity contribution in [2.24, 2.45) is 5.92 Å². The van der Waals surface area contributed by atoms with Gasteiger partial charge in [-0.3, -0.25) is 4.40 Å². The van der Waals surface area contributed by atoms with Crippen molar-refractivity contribution in [3.8, 4) is 21.7 Å². The van der Waals surface area contributed by atoms with Crippen molar-refractivity contribution in [1.29, 1.82) is 0 Å². The van der Waals surface area contributed by atoms with Gasteiger partial charge in [0, 0.05) is 11.8 Å². The lowest BCUT2D eigenvalue weighted by molar-refractivity contribution is 0.276. The monoisotopic (exact) mass is 362 g/mol. The molecule has 132 valence electrons. The molecule has 1 N–H and O–H groups in total. The van der Waals surface area contributed by atoms with Crippen LogP contribution in [-0.2, 0) is 13.0 Å². The molecule has 2 heterocycles. The van der Waals surface area contributed by atoms with Crippen LogP contribution >= 0.6 is 11.3 Å². The molecule has 0 bridgehead atoms. The number of hydrogen-bond donors (Lipinski definition) is 1. The molecular formula is C22H22N2OS. The number of imidazole rings is 1. The minimum absolute atomic E-state index is 0.0325. The van der Waals surface area contributed by atoms with Crippen molar-refractivity contribution in [3.63, 3.8) is 0 Å². The van der Waals surface area contributed by atoms with E-state index in [0.29, 0.717) is 5.92 Å². The molecule has 3 nitrogen and oxygen atoms in total. The summed E-state index contributed by atoms with van der Waals surface area (Å²) in [6.07, 6.45) is 3.15. The Bertz CT molecular complexity index is 1010. The van der Waals surface area contributed by atoms with Gasteiger partial charge in [0.25, 0.3) is 0 Å². The third-order valence-electron chi connectivity index (χ3n) is 4.50. The maximum atomic E-state index is 9.96. The lowest BCUT2D eigenvalue weighted by atomic mass is 10.0. The summed E-state index contributed by atoms with van der Waals surface area (Å²) in [5.74, 6) is 0.642. The van der Waals surface area contributed by atoms with Gasteiger partial charge >= 0.3 is 0 Å². The van der Waals surface area contributed by atoms with Gasteiger partial charge in [0.1, 0.15) is 0 Å². The highest BCUT2D eigenvalue weighted by atomic mass is 32.1. The first-order valence-electron chi connectivity index (χ1n) is 8.92. The predicted octanol–water partition coefficient (Wildman–Crippen LogP) is 5.42. The number of aliphatic hydroxyl groups is 1. The smallest absolute Gasteiger partial charge is 0.195 e. The normalized spacial score (nSPS) is 11.5. The van der Waals surface area contributed by atoms with Crippen LogP contribution in [0.1, 0.15) is 25.1 Å². The molecule has 4 heteroatoms. The van der Waals surface area contributed by atoms with E-state index in [1.54, 1.807) is 11.3 Å². The highest BCUT2D eigenvalue weighted by Crippen LogP contribution is 2.33. The van der Waals surface area contributed by atoms with Crippen LogP contribution in [0.3, 0.4) is 0 Å². The van der Waals surface area contributed by atoms with Crippen molar-refractivity contribution in [2.75, 3.05) is 0 Å². The fourth-order valence-corrected chi connectivity index (χ4v) is 4.29. The third-order valence-corrected chi connectivity index (χ3v) is 5.54. The van der Waals surface area contributed by atoms with Gasteiger partial charge in [-0.2, -0.15) is 0 Å². The molecule has 0 aliphatic heterocycles. The van der Waals surface area contributed by atoms with Gasteiger partial charge in [0.05, 0.1) is 22.9 Å². The number of hydrogen-bond acceptors (Lipinski definition) is 3. The molecule has 2 aromatic carbocycles. The molecule has 4 aromatic rings. The zero-order valence-corrected chi connectivity index (χ0v) is 15.8. The molecule has 0 saturated heterocycles. The summed E-state index contributed by atoms with van der Waals surface area (Å²) in [4.78, 5) is 6.88. The Balaban J connectivity index is 1.73. The molecule has 0 radical (unpaired) electrons. The second-order valence-corrected chi connectivity index (χ2v) is 7.98. The lowest BCUT2D eigenvalue weighted by Crippen LogP contribution is -1.95. The van der Waals surface area contributed by atoms with Gasteiger partial charge in [0.2, 0.25) is 0 Å². The van der Waals surface area contributed by atoms with Crippen LogP contribution in [-0.4, -0.2) is 14.5 Å². The molecule has 0 atom stereocenters. The molecule has 0 amide bonds. The largest absolute Gasteiger partial charge is 0.390 e. The van der Waals surface area contributed by atoms with Crippen LogP contribution in [0.4, 0.5) is 0 Å². The van der Waals surface area contributed by atoms with Gasteiger partial charge < -0.3 is 5.11 Å². The Kier molecular flexibility index (Phi) is 4.62. The average Bonchev–Trinajstić information content (AvgIpc) is 3.20. The zero-order chi connectivity index (χ0) is 18.1. The molecule has 2 aromatic heterocycles. The van der Waals surface area contributed by atoms with E-state index >= 15 is 0 Å². The van der Waals surface area contributed by atoms with Gasteiger partial charge in [-0.1, -0.05) is 79.8 Å². The Hall–Kier alpha value is -2.43. The summed E-state index contributed by atoms with van der Waals surface area (Å²) in [6, 6.07) is 18.8. The Morgan fingerprint density at radius 2 is 1.73 bits per heavy atom. The van der Waals surface area contributed by atoms with E-state index < -0.39 is 0 Å². The van der Waals surface area contributed by atoms with Crippen LogP contribution in [0.25, 0.3) is 26.7 Å². The van der Waals surface area contributed by atoms with E-state index in [1.165, 1.54) is 11.1 Å². The van der Waals surface area contributed by atoms with Crippen molar-refractivity contribution in [1.82, 2.24) is 9.38 Å². The van der Waals surface area contributed by atoms with Crippen molar-refractivity contribution >= 4 is 16.3 Å². The summed E-state index contributed by atoms with van der Waals surface area (Å²) < 4.78 is 2.02. The topological polar surface area (TPSA) is 37.5 Å². The number of nitrogens with zero attached hydrogens (tertiary/aromatic N) is 2. The number of rotatable bonds is 5. The Morgan fingerprint density at radius 3 is 2.38 bits per heavy atom. The highest BCUT2D eigenvalue weighted by Gasteiger charge is 2.16. The van der Waals surface area contributed by atoms with Gasteiger partial charge in [0.15, 0.2) is 4.96 Å². The number of fused-ring (bicyclic) bond motifs is 1. The van der Waals surface area contributed by atoms with Gasteiger partial charge in [-0.15, -0.1) is 0 Å². The third kappa shape index (κ3) is 3.18. The van der Waals surface area contributed by atoms with Crippen LogP contribution in [0, 0.1) is 5.92 Å². The second-order valence-electron chi connectivity index (χ2n) is 6.97. The summed E-state index contributed by atoms with van der Waals surface area (Å²) in [6.45, 7) is 4.42. The van der Waals surface area contributed by atoms with E-state index in [1.807, 2.05) is 22.6 Å². The van der Waals surface area contributed by atoms with Crippen LogP contribution < -0.4 is 0 Å². The van der Waals surface area contributed by atoms with Crippen LogP contribution in [0.5, 0.6) is 0 Å². The van der Waals surface area contributed by atoms with Gasteiger partial charge in [-0.05, 0) is 23.5 Å². The summed E-state index contributed by atoms with van der Waals surface area (Å²) in [5, 5.41) is 9.96. The fraction of sp³-hybridized carbons (Fsp3) is 0.227. The Labute approximate surface area is 157 Å². The molecule has 0 aliphatic rings. The highest BCUT2D eigenvalue weighted by molar-refractivity contribution is 7.20. The van der Waals surface area contributed by atoms with E-state index in [2.05, 4.69) is 56.4 Å². The number of aliphatic hydroxyl groups excluding tert-OH is 1. The number of benzene rings is 2. The quantitative estimate of drug-likeness (QED) is 0.515. The SMILES string of the molecule is CC(C)Cc1ccc(-c2nc3sc(-c4ccccc4)cn3c2CO)cc1. The van der Waals surface area contributed by atoms with Crippen molar-refractivity contribution in [3.05, 3.63) is 72.1 Å². The number of thiazole rings is 1. The zero-order valence-electron chi connectivity index (χ0n) is 15.0. The van der Waals surface area contributed by atoms with E-state index in [9.17, 15) is 5.11 Å². The van der Waals surface area contributed by atoms with Crippen LogP contribution in [0.2, 0.25) is 0 Å². The molecule has 4 rings (SSSR count). The lowest BCUT2D eigenvalue weighted by Gasteiger charge is -2.06. The van der Waals surface area contributed by atoms with Crippen molar-refractivity contribution in [2.45, 2.75) is 26.9 Å². The van der Waals surface area contributed by atoms with E-state index in [-0.39, 0.29) is 6.61 Å². The summed E-state index contributed by atoms with van der Waals surface area (Å²) in [5.41, 5.74) is 5.27. The molecule has 0 saturated carbocycles. The first-order valence-corrected chi connectivity index (χ1v) is 9.73. The first-order chi connectivity index (χ1) is 12.7. The van der Waals surface area contributed by atoms with E-state index in [0.717, 1.165) is 33.2 Å². The maximum Gasteiger partial charge on any atom is 0.195 e. The standard InChI is InChI=1S/C22H22N2OS/c1-15(2)12-16-8-10-18(11-9-16)21-19(14-25)24-13-20(26-22(24)23-21)17-6-4-3-5-7-17/h3-11,13,15,25H,12,14H2,1-2H3. The second kappa shape index (κ2) is 7.06. The average molecular weight is 362 g/mol. The summed E-state index contributed by atoms with van der Waals surface area (Å²) in [7, 11) is 0. The maximum absolute atomic E-state index is 9.96. The predicted molar refractivity (Wildman–Crippen MR) is 108 cm³/mol. The molecular weight excluding hydrogens is 340 g/mol. The molecule has 0 fully saturated rings. The molecule has 0 spiro atoms. The first kappa shape index (κ1) is 17.0. The number of aromatic nitrogens is 2. The van der Waals surface area contributed by atoms with Crippen LogP contribution in [0.15, 0.2) is 60.8 Å². The summed E-state index contributed by atoms with van der Waals surface area (Å²) >= 11 is 1.65. The minimum atomic E-state index is -0.0325. The van der Waals surface area contributed by atoms with Gasteiger partial charge in [-0.25, -0.2) is 4.98 Å². The molecule has 0 unspecified atom stereocenters. The van der Waals surface area contributed by atoms with Crippen molar-refractivity contribution < 1.29 is 5.11 Å². The molecule has 0 aliphatic carbocycles. The molecule has 26 heavy (non-hydrogen) atoms. The fourth-order valence-electron chi connectivity index (χ4n) is 3.28. The Morgan fingerprint density at radius 1 is 1.00 bits per heavy atom. The minimum Gasteiger partial charge on any atom is -0.390 e.